The summed E-state index contributed by atoms with van der Waals surface area (Å²) in [6, 6.07) is 23.0. The smallest absolute Gasteiger partial charge is 0.415 e. The first-order chi connectivity index (χ1) is 21.0. The molecule has 2 aromatic heterocycles. The summed E-state index contributed by atoms with van der Waals surface area (Å²) in [6.07, 6.45) is 3.94. The molecule has 43 heavy (non-hydrogen) atoms. The molecule has 5 aromatic rings. The van der Waals surface area contributed by atoms with Gasteiger partial charge in [0, 0.05) is 40.8 Å². The average Bonchev–Trinajstić information content (AvgIpc) is 3.56. The fourth-order valence-corrected chi connectivity index (χ4v) is 5.05. The molecule has 214 valence electrons. The van der Waals surface area contributed by atoms with Crippen LogP contribution in [0.1, 0.15) is 24.1 Å². The summed E-state index contributed by atoms with van der Waals surface area (Å²) in [7, 11) is 0. The quantitative estimate of drug-likeness (QED) is 0.214. The Morgan fingerprint density at radius 1 is 0.837 bits per heavy atom. The molecular weight excluding hydrogens is 548 g/mol. The first-order valence-electron chi connectivity index (χ1n) is 13.8. The van der Waals surface area contributed by atoms with Crippen molar-refractivity contribution < 1.29 is 23.9 Å². The van der Waals surface area contributed by atoms with Gasteiger partial charge in [-0.15, -0.1) is 0 Å². The van der Waals surface area contributed by atoms with Crippen molar-refractivity contribution in [1.82, 2.24) is 20.1 Å². The van der Waals surface area contributed by atoms with E-state index in [-0.39, 0.29) is 11.8 Å². The molecule has 2 aliphatic rings. The van der Waals surface area contributed by atoms with Crippen molar-refractivity contribution in [2.75, 3.05) is 10.6 Å². The van der Waals surface area contributed by atoms with Crippen molar-refractivity contribution in [2.24, 2.45) is 5.41 Å². The average molecular weight is 575 g/mol. The fourth-order valence-electron chi connectivity index (χ4n) is 5.05. The highest BCUT2D eigenvalue weighted by atomic mass is 16.6. The molecule has 0 radical (unpaired) electrons. The lowest BCUT2D eigenvalue weighted by Crippen LogP contribution is -2.35. The van der Waals surface area contributed by atoms with Crippen LogP contribution in [0, 0.1) is 5.41 Å². The number of carbonyl (C=O) groups excluding carboxylic acids is 3. The van der Waals surface area contributed by atoms with E-state index >= 15 is 0 Å². The molecule has 0 bridgehead atoms. The van der Waals surface area contributed by atoms with E-state index in [1.54, 1.807) is 78.0 Å². The summed E-state index contributed by atoms with van der Waals surface area (Å²) >= 11 is 0. The van der Waals surface area contributed by atoms with E-state index in [4.69, 9.17) is 9.47 Å². The highest BCUT2D eigenvalue weighted by Crippen LogP contribution is 2.47. The van der Waals surface area contributed by atoms with Gasteiger partial charge in [0.1, 0.15) is 22.7 Å². The molecule has 1 saturated carbocycles. The second-order valence-corrected chi connectivity index (χ2v) is 10.6. The summed E-state index contributed by atoms with van der Waals surface area (Å²) < 4.78 is 11.7. The third-order valence-corrected chi connectivity index (χ3v) is 7.64. The Labute approximate surface area is 245 Å². The Morgan fingerprint density at radius 3 is 2.28 bits per heavy atom. The molecule has 7 rings (SSSR count). The molecule has 3 amide bonds. The van der Waals surface area contributed by atoms with Gasteiger partial charge in [0.15, 0.2) is 0 Å². The van der Waals surface area contributed by atoms with E-state index in [1.807, 2.05) is 18.2 Å². The van der Waals surface area contributed by atoms with Gasteiger partial charge in [-0.25, -0.2) is 4.79 Å². The van der Waals surface area contributed by atoms with Crippen LogP contribution in [0.15, 0.2) is 91.3 Å². The largest absolute Gasteiger partial charge is 0.457 e. The molecule has 1 aliphatic heterocycles. The van der Waals surface area contributed by atoms with Crippen molar-refractivity contribution in [2.45, 2.75) is 25.9 Å². The number of ether oxygens (including phenoxy) is 2. The topological polar surface area (TPSA) is 139 Å². The summed E-state index contributed by atoms with van der Waals surface area (Å²) in [4.78, 5) is 44.5. The molecule has 11 heteroatoms. The van der Waals surface area contributed by atoms with Gasteiger partial charge in [0.2, 0.25) is 11.8 Å². The van der Waals surface area contributed by atoms with Gasteiger partial charge in [-0.2, -0.15) is 5.10 Å². The van der Waals surface area contributed by atoms with Crippen molar-refractivity contribution in [3.8, 4) is 17.2 Å². The molecule has 0 spiro atoms. The zero-order chi connectivity index (χ0) is 29.4. The van der Waals surface area contributed by atoms with Crippen LogP contribution in [0.3, 0.4) is 0 Å². The minimum atomic E-state index is -1.06. The number of nitrogens with one attached hydrogen (secondary N) is 3. The molecule has 3 N–H and O–H groups in total. The molecule has 1 fully saturated rings. The lowest BCUT2D eigenvalue weighted by atomic mass is 10.0. The third kappa shape index (κ3) is 5.23. The van der Waals surface area contributed by atoms with Gasteiger partial charge in [-0.3, -0.25) is 24.6 Å². The number of pyridine rings is 1. The Hall–Kier alpha value is -5.71. The number of para-hydroxylation sites is 1. The molecule has 3 aromatic carbocycles. The normalized spacial score (nSPS) is 14.6. The van der Waals surface area contributed by atoms with Crippen LogP contribution < -0.4 is 20.1 Å². The number of nitrogens with zero attached hydrogens (tertiary/aromatic N) is 3. The van der Waals surface area contributed by atoms with E-state index in [0.29, 0.717) is 60.1 Å². The van der Waals surface area contributed by atoms with Crippen LogP contribution in [-0.2, 0) is 22.7 Å². The molecule has 1 aliphatic carbocycles. The number of aromatic amines is 1. The van der Waals surface area contributed by atoms with E-state index in [0.717, 1.165) is 16.6 Å². The lowest BCUT2D eigenvalue weighted by Gasteiger charge is -2.16. The Kier molecular flexibility index (Phi) is 6.46. The second-order valence-electron chi connectivity index (χ2n) is 10.6. The van der Waals surface area contributed by atoms with Gasteiger partial charge in [-0.05, 0) is 67.4 Å². The van der Waals surface area contributed by atoms with Crippen molar-refractivity contribution in [3.63, 3.8) is 0 Å². The maximum atomic E-state index is 13.0. The standard InChI is InChI=1S/C32H26N6O5/c39-29(35-21-4-2-1-3-5-21)32(13-14-32)30(40)36-22-6-8-23(9-7-22)42-28-12-15-33-26-16-24(10-11-25(26)28)43-31(41)38-18-20-17-34-37-27(20)19-38/h1-12,15-17H,13-14,18-19H2,(H,34,37)(H,35,39)(H,36,40). The van der Waals surface area contributed by atoms with Crippen LogP contribution in [0.4, 0.5) is 16.2 Å². The van der Waals surface area contributed by atoms with Gasteiger partial charge in [0.25, 0.3) is 0 Å². The predicted molar refractivity (Wildman–Crippen MR) is 157 cm³/mol. The van der Waals surface area contributed by atoms with E-state index in [2.05, 4.69) is 25.8 Å². The van der Waals surface area contributed by atoms with E-state index < -0.39 is 11.5 Å². The summed E-state index contributed by atoms with van der Waals surface area (Å²) in [6.45, 7) is 0.843. The summed E-state index contributed by atoms with van der Waals surface area (Å²) in [5, 5.41) is 13.4. The number of aromatic nitrogens is 3. The van der Waals surface area contributed by atoms with E-state index in [9.17, 15) is 14.4 Å². The van der Waals surface area contributed by atoms with Crippen molar-refractivity contribution in [1.29, 1.82) is 0 Å². The Balaban J connectivity index is 0.985. The molecule has 0 atom stereocenters. The maximum Gasteiger partial charge on any atom is 0.415 e. The Bertz CT molecular complexity index is 1830. The fraction of sp³-hybridized carbons (Fsp3) is 0.156. The van der Waals surface area contributed by atoms with Crippen LogP contribution >= 0.6 is 0 Å². The number of benzene rings is 3. The molecule has 11 nitrogen and oxygen atoms in total. The zero-order valence-corrected chi connectivity index (χ0v) is 22.9. The zero-order valence-electron chi connectivity index (χ0n) is 22.9. The minimum absolute atomic E-state index is 0.304. The van der Waals surface area contributed by atoms with Crippen LogP contribution in [-0.4, -0.2) is 38.0 Å². The number of hydrogen-bond acceptors (Lipinski definition) is 7. The number of H-pyrrole nitrogens is 1. The van der Waals surface area contributed by atoms with Gasteiger partial charge in [0.05, 0.1) is 24.3 Å². The number of carbonyl (C=O) groups is 3. The third-order valence-electron chi connectivity index (χ3n) is 7.64. The van der Waals surface area contributed by atoms with Crippen molar-refractivity contribution in [3.05, 3.63) is 103 Å². The van der Waals surface area contributed by atoms with Gasteiger partial charge in [-0.1, -0.05) is 18.2 Å². The SMILES string of the molecule is O=C(Oc1ccc2c(Oc3ccc(NC(=O)C4(C(=O)Nc5ccccc5)CC4)cc3)ccnc2c1)N1Cc2c[nH]nc2C1. The molecule has 0 saturated heterocycles. The maximum absolute atomic E-state index is 13.0. The lowest BCUT2D eigenvalue weighted by molar-refractivity contribution is -0.131. The second kappa shape index (κ2) is 10.6. The van der Waals surface area contributed by atoms with E-state index in [1.165, 1.54) is 0 Å². The van der Waals surface area contributed by atoms with Gasteiger partial charge < -0.3 is 20.1 Å². The molecular formula is C32H26N6O5. The number of rotatable bonds is 7. The molecule has 3 heterocycles. The highest BCUT2D eigenvalue weighted by Gasteiger charge is 2.56. The van der Waals surface area contributed by atoms with Gasteiger partial charge >= 0.3 is 6.09 Å². The van der Waals surface area contributed by atoms with Crippen molar-refractivity contribution >= 4 is 40.2 Å². The highest BCUT2D eigenvalue weighted by molar-refractivity contribution is 6.16. The number of amides is 3. The summed E-state index contributed by atoms with van der Waals surface area (Å²) in [5.74, 6) is 0.859. The first kappa shape index (κ1) is 26.2. The number of anilines is 2. The number of fused-ring (bicyclic) bond motifs is 2. The predicted octanol–water partition coefficient (Wildman–Crippen LogP) is 5.62. The Morgan fingerprint density at radius 2 is 1.56 bits per heavy atom. The monoisotopic (exact) mass is 574 g/mol. The van der Waals surface area contributed by atoms with Crippen LogP contribution in [0.5, 0.6) is 17.2 Å². The van der Waals surface area contributed by atoms with Crippen LogP contribution in [0.2, 0.25) is 0 Å². The first-order valence-corrected chi connectivity index (χ1v) is 13.8. The van der Waals surface area contributed by atoms with Crippen LogP contribution in [0.25, 0.3) is 10.9 Å². The molecule has 0 unspecified atom stereocenters. The minimum Gasteiger partial charge on any atom is -0.457 e. The number of hydrogen-bond donors (Lipinski definition) is 3. The summed E-state index contributed by atoms with van der Waals surface area (Å²) in [5.41, 5.74) is 2.57.